The summed E-state index contributed by atoms with van der Waals surface area (Å²) < 4.78 is 27.9. The summed E-state index contributed by atoms with van der Waals surface area (Å²) in [7, 11) is -1.85. The lowest BCUT2D eigenvalue weighted by Crippen LogP contribution is -2.18. The summed E-state index contributed by atoms with van der Waals surface area (Å²) in [6.45, 7) is 3.40. The van der Waals surface area contributed by atoms with Crippen LogP contribution >= 0.6 is 0 Å². The number of Topliss-reactive ketones (excluding diaryl/α,β-unsaturated/α-hetero) is 1. The minimum Gasteiger partial charge on any atom is -0.496 e. The minimum absolute atomic E-state index is 0.0348. The van der Waals surface area contributed by atoms with Crippen LogP contribution in [0.2, 0.25) is 0 Å². The van der Waals surface area contributed by atoms with Crippen molar-refractivity contribution in [2.45, 2.75) is 13.8 Å². The number of aryl methyl sites for hydroxylation is 1. The summed E-state index contributed by atoms with van der Waals surface area (Å²) in [6, 6.07) is 5.07. The van der Waals surface area contributed by atoms with Gasteiger partial charge in [-0.2, -0.15) is 0 Å². The topological polar surface area (TPSA) is 60.4 Å². The molecule has 0 heterocycles. The number of sulfone groups is 1. The van der Waals surface area contributed by atoms with Crippen molar-refractivity contribution >= 4 is 15.6 Å². The number of rotatable bonds is 5. The van der Waals surface area contributed by atoms with Crippen LogP contribution in [0.3, 0.4) is 0 Å². The molecule has 5 heteroatoms. The lowest BCUT2D eigenvalue weighted by Gasteiger charge is -2.08. The van der Waals surface area contributed by atoms with Crippen molar-refractivity contribution in [3.63, 3.8) is 0 Å². The molecule has 0 N–H and O–H groups in total. The molecule has 0 amide bonds. The first kappa shape index (κ1) is 13.7. The number of hydrogen-bond acceptors (Lipinski definition) is 4. The van der Waals surface area contributed by atoms with E-state index in [2.05, 4.69) is 0 Å². The molecule has 0 unspecified atom stereocenters. The van der Waals surface area contributed by atoms with Gasteiger partial charge in [-0.3, -0.25) is 4.79 Å². The van der Waals surface area contributed by atoms with Crippen molar-refractivity contribution in [1.82, 2.24) is 0 Å². The van der Waals surface area contributed by atoms with Crippen molar-refractivity contribution in [3.8, 4) is 5.75 Å². The molecule has 4 nitrogen and oxygen atoms in total. The zero-order valence-electron chi connectivity index (χ0n) is 10.2. The quantitative estimate of drug-likeness (QED) is 0.751. The van der Waals surface area contributed by atoms with Crippen LogP contribution in [0.5, 0.6) is 5.75 Å². The fourth-order valence-electron chi connectivity index (χ4n) is 1.41. The molecule has 0 aliphatic heterocycles. The number of hydrogen-bond donors (Lipinski definition) is 0. The summed E-state index contributed by atoms with van der Waals surface area (Å²) in [5.74, 6) is -0.513. The average Bonchev–Trinajstić information content (AvgIpc) is 2.28. The third-order valence-corrected chi connectivity index (χ3v) is 4.03. The maximum Gasteiger partial charge on any atom is 0.181 e. The smallest absolute Gasteiger partial charge is 0.181 e. The third-order valence-electron chi connectivity index (χ3n) is 2.45. The fraction of sp³-hybridized carbons (Fsp3) is 0.417. The number of ether oxygens (including phenoxy) is 1. The van der Waals surface area contributed by atoms with E-state index in [0.717, 1.165) is 5.56 Å². The van der Waals surface area contributed by atoms with Gasteiger partial charge < -0.3 is 4.74 Å². The second-order valence-corrected chi connectivity index (χ2v) is 6.16. The van der Waals surface area contributed by atoms with Crippen molar-refractivity contribution < 1.29 is 17.9 Å². The zero-order chi connectivity index (χ0) is 13.1. The van der Waals surface area contributed by atoms with Crippen molar-refractivity contribution in [3.05, 3.63) is 29.3 Å². The van der Waals surface area contributed by atoms with Gasteiger partial charge in [0.2, 0.25) is 0 Å². The summed E-state index contributed by atoms with van der Waals surface area (Å²) >= 11 is 0. The minimum atomic E-state index is -3.31. The van der Waals surface area contributed by atoms with Crippen LogP contribution in [0.25, 0.3) is 0 Å². The van der Waals surface area contributed by atoms with Crippen molar-refractivity contribution in [2.75, 3.05) is 18.6 Å². The first-order chi connectivity index (χ1) is 7.89. The largest absolute Gasteiger partial charge is 0.496 e. The summed E-state index contributed by atoms with van der Waals surface area (Å²) in [6.07, 6.45) is 0. The van der Waals surface area contributed by atoms with Gasteiger partial charge in [-0.25, -0.2) is 8.42 Å². The number of carbonyl (C=O) groups is 1. The molecule has 0 aliphatic carbocycles. The Kier molecular flexibility index (Phi) is 4.28. The highest BCUT2D eigenvalue weighted by molar-refractivity contribution is 7.92. The number of methoxy groups -OCH3 is 1. The van der Waals surface area contributed by atoms with E-state index in [1.165, 1.54) is 14.0 Å². The molecule has 0 aromatic heterocycles. The van der Waals surface area contributed by atoms with E-state index in [9.17, 15) is 13.2 Å². The van der Waals surface area contributed by atoms with E-state index in [4.69, 9.17) is 4.74 Å². The van der Waals surface area contributed by atoms with Crippen molar-refractivity contribution in [1.29, 1.82) is 0 Å². The summed E-state index contributed by atoms with van der Waals surface area (Å²) in [5, 5.41) is 0. The Labute approximate surface area is 102 Å². The highest BCUT2D eigenvalue weighted by Crippen LogP contribution is 2.20. The molecular formula is C12H16O4S. The molecule has 0 bridgehead atoms. The Balaban J connectivity index is 3.05. The van der Waals surface area contributed by atoms with Gasteiger partial charge in [0, 0.05) is 5.75 Å². The summed E-state index contributed by atoms with van der Waals surface area (Å²) in [4.78, 5) is 11.9. The van der Waals surface area contributed by atoms with Crippen LogP contribution in [0.1, 0.15) is 22.8 Å². The first-order valence-corrected chi connectivity index (χ1v) is 7.10. The lowest BCUT2D eigenvalue weighted by molar-refractivity contribution is 0.101. The molecule has 17 heavy (non-hydrogen) atoms. The van der Waals surface area contributed by atoms with Gasteiger partial charge in [0.25, 0.3) is 0 Å². The Morgan fingerprint density at radius 2 is 2.00 bits per heavy atom. The van der Waals surface area contributed by atoms with E-state index in [0.29, 0.717) is 11.3 Å². The van der Waals surface area contributed by atoms with Crippen LogP contribution in [0.15, 0.2) is 18.2 Å². The molecule has 0 atom stereocenters. The molecule has 0 saturated carbocycles. The highest BCUT2D eigenvalue weighted by atomic mass is 32.2. The molecule has 1 rings (SSSR count). The Morgan fingerprint density at radius 1 is 1.35 bits per heavy atom. The summed E-state index contributed by atoms with van der Waals surface area (Å²) in [5.41, 5.74) is 1.27. The number of carbonyl (C=O) groups excluding carboxylic acids is 1. The lowest BCUT2D eigenvalue weighted by atomic mass is 10.1. The zero-order valence-corrected chi connectivity index (χ0v) is 11.0. The molecule has 1 aromatic carbocycles. The molecule has 1 aromatic rings. The van der Waals surface area contributed by atoms with Crippen LogP contribution in [0.4, 0.5) is 0 Å². The van der Waals surface area contributed by atoms with Crippen LogP contribution < -0.4 is 4.74 Å². The number of ketones is 1. The Bertz CT molecular complexity index is 517. The van der Waals surface area contributed by atoms with E-state index in [1.54, 1.807) is 18.2 Å². The predicted molar refractivity (Wildman–Crippen MR) is 66.4 cm³/mol. The molecule has 0 spiro atoms. The highest BCUT2D eigenvalue weighted by Gasteiger charge is 2.19. The van der Waals surface area contributed by atoms with Crippen LogP contribution in [-0.4, -0.2) is 32.8 Å². The van der Waals surface area contributed by atoms with E-state index in [1.807, 2.05) is 6.92 Å². The average molecular weight is 256 g/mol. The van der Waals surface area contributed by atoms with E-state index < -0.39 is 21.4 Å². The third kappa shape index (κ3) is 3.56. The molecule has 0 fully saturated rings. The van der Waals surface area contributed by atoms with Crippen LogP contribution in [0, 0.1) is 6.92 Å². The molecule has 0 aliphatic rings. The Morgan fingerprint density at radius 3 is 2.53 bits per heavy atom. The molecular weight excluding hydrogens is 240 g/mol. The molecule has 0 saturated heterocycles. The molecule has 94 valence electrons. The van der Waals surface area contributed by atoms with E-state index >= 15 is 0 Å². The maximum atomic E-state index is 11.9. The normalized spacial score (nSPS) is 11.2. The standard InChI is InChI=1S/C12H16O4S/c1-4-17(14,15)8-11(13)10-6-5-9(2)7-12(10)16-3/h5-7H,4,8H2,1-3H3. The second kappa shape index (κ2) is 5.31. The predicted octanol–water partition coefficient (Wildman–Crippen LogP) is 1.62. The molecule has 0 radical (unpaired) electrons. The van der Waals surface area contributed by atoms with Crippen LogP contribution in [-0.2, 0) is 9.84 Å². The van der Waals surface area contributed by atoms with Gasteiger partial charge in [-0.1, -0.05) is 13.0 Å². The number of benzene rings is 1. The first-order valence-electron chi connectivity index (χ1n) is 5.28. The van der Waals surface area contributed by atoms with Crippen molar-refractivity contribution in [2.24, 2.45) is 0 Å². The van der Waals surface area contributed by atoms with Gasteiger partial charge >= 0.3 is 0 Å². The monoisotopic (exact) mass is 256 g/mol. The second-order valence-electron chi connectivity index (χ2n) is 3.80. The SMILES string of the molecule is CCS(=O)(=O)CC(=O)c1ccc(C)cc1OC. The van der Waals surface area contributed by atoms with Gasteiger partial charge in [-0.15, -0.1) is 0 Å². The Hall–Kier alpha value is -1.36. The van der Waals surface area contributed by atoms with Gasteiger partial charge in [0.15, 0.2) is 15.6 Å². The van der Waals surface area contributed by atoms with Gasteiger partial charge in [0.1, 0.15) is 11.5 Å². The van der Waals surface area contributed by atoms with Gasteiger partial charge in [0.05, 0.1) is 12.7 Å². The van der Waals surface area contributed by atoms with E-state index in [-0.39, 0.29) is 5.75 Å². The fourth-order valence-corrected chi connectivity index (χ4v) is 2.17. The maximum absolute atomic E-state index is 11.9. The van der Waals surface area contributed by atoms with Gasteiger partial charge in [-0.05, 0) is 24.6 Å².